The number of amides is 2. The van der Waals surface area contributed by atoms with Crippen LogP contribution in [-0.2, 0) is 31.5 Å². The number of sulfonamides is 1. The van der Waals surface area contributed by atoms with Crippen LogP contribution in [0.4, 0.5) is 4.79 Å². The average Bonchev–Trinajstić information content (AvgIpc) is 3.35. The fourth-order valence-electron chi connectivity index (χ4n) is 4.86. The van der Waals surface area contributed by atoms with Gasteiger partial charge in [0.1, 0.15) is 16.7 Å². The zero-order valence-electron chi connectivity index (χ0n) is 26.8. The van der Waals surface area contributed by atoms with Crippen molar-refractivity contribution >= 4 is 53.6 Å². The maximum Gasteiger partial charge on any atom is 0.411 e. The minimum absolute atomic E-state index is 0.0418. The summed E-state index contributed by atoms with van der Waals surface area (Å²) in [5, 5.41) is 3.74. The van der Waals surface area contributed by atoms with Gasteiger partial charge in [-0.25, -0.2) is 13.2 Å². The predicted octanol–water partition coefficient (Wildman–Crippen LogP) is 4.36. The minimum atomic E-state index is -4.10. The van der Waals surface area contributed by atoms with Gasteiger partial charge in [-0.1, -0.05) is 32.4 Å². The summed E-state index contributed by atoms with van der Waals surface area (Å²) in [6.07, 6.45) is 0.615. The molecule has 0 radical (unpaired) electrons. The van der Waals surface area contributed by atoms with E-state index in [2.05, 4.69) is 10.3 Å². The number of hydrogen-bond acceptors (Lipinski definition) is 8. The molecular weight excluding hydrogens is 640 g/mol. The second-order valence-electron chi connectivity index (χ2n) is 13.3. The first-order chi connectivity index (χ1) is 20.8. The number of nitrogens with zero attached hydrogens (tertiary/aromatic N) is 2. The van der Waals surface area contributed by atoms with E-state index in [1.165, 1.54) is 17.2 Å². The number of fused-ring (bicyclic) bond motifs is 1. The molecule has 45 heavy (non-hydrogen) atoms. The molecule has 3 aromatic rings. The summed E-state index contributed by atoms with van der Waals surface area (Å²) in [4.78, 5) is 44.4. The normalized spacial score (nSPS) is 16.7. The lowest BCUT2D eigenvalue weighted by atomic mass is 9.88. The van der Waals surface area contributed by atoms with E-state index in [1.54, 1.807) is 39.0 Å². The molecule has 2 aromatic heterocycles. The molecule has 0 spiro atoms. The molecule has 2 N–H and O–H groups in total. The molecule has 0 saturated carbocycles. The summed E-state index contributed by atoms with van der Waals surface area (Å²) < 4.78 is 45.9. The highest BCUT2D eigenvalue weighted by Crippen LogP contribution is 2.27. The highest BCUT2D eigenvalue weighted by Gasteiger charge is 2.42. The van der Waals surface area contributed by atoms with Crippen LogP contribution in [0.1, 0.15) is 52.9 Å². The zero-order valence-corrected chi connectivity index (χ0v) is 29.5. The van der Waals surface area contributed by atoms with Crippen molar-refractivity contribution in [2.24, 2.45) is 0 Å². The number of nitrogens with one attached hydrogen (secondary N) is 2. The van der Waals surface area contributed by atoms with E-state index >= 15 is 0 Å². The van der Waals surface area contributed by atoms with Crippen LogP contribution in [0.5, 0.6) is 5.75 Å². The number of aromatic nitrogens is 1. The van der Waals surface area contributed by atoms with Crippen LogP contribution in [0.3, 0.4) is 0 Å². The number of piperazine rings is 1. The molecule has 1 unspecified atom stereocenters. The molecule has 0 aliphatic carbocycles. The van der Waals surface area contributed by atoms with Crippen LogP contribution in [0, 0.1) is 0 Å². The molecule has 1 aliphatic heterocycles. The highest BCUT2D eigenvalue weighted by atomic mass is 35.5. The molecule has 15 heteroatoms. The molecule has 2 amide bonds. The van der Waals surface area contributed by atoms with E-state index < -0.39 is 48.1 Å². The quantitative estimate of drug-likeness (QED) is 0.350. The number of ether oxygens (including phenoxy) is 1. The van der Waals surface area contributed by atoms with E-state index in [4.69, 9.17) is 25.2 Å². The van der Waals surface area contributed by atoms with Crippen molar-refractivity contribution in [1.29, 1.82) is 0 Å². The summed E-state index contributed by atoms with van der Waals surface area (Å²) in [7, 11) is -5.85. The molecule has 1 atom stereocenters. The maximum absolute atomic E-state index is 13.7. The second kappa shape index (κ2) is 12.8. The van der Waals surface area contributed by atoms with Crippen molar-refractivity contribution in [3.63, 3.8) is 0 Å². The summed E-state index contributed by atoms with van der Waals surface area (Å²) in [6.45, 7) is 13.8. The summed E-state index contributed by atoms with van der Waals surface area (Å²) in [6, 6.07) is 5.21. The number of halogens is 1. The summed E-state index contributed by atoms with van der Waals surface area (Å²) in [5.74, 6) is -0.483. The third-order valence-corrected chi connectivity index (χ3v) is 9.79. The number of hydrogen-bond donors (Lipinski definition) is 2. The third kappa shape index (κ3) is 7.91. The Morgan fingerprint density at radius 3 is 2.44 bits per heavy atom. The second-order valence-corrected chi connectivity index (χ2v) is 18.0. The molecule has 0 bridgehead atoms. The van der Waals surface area contributed by atoms with Gasteiger partial charge in [0, 0.05) is 41.1 Å². The van der Waals surface area contributed by atoms with Gasteiger partial charge < -0.3 is 23.9 Å². The lowest BCUT2D eigenvalue weighted by Crippen LogP contribution is -2.62. The Morgan fingerprint density at radius 1 is 1.13 bits per heavy atom. The Hall–Kier alpha value is -3.33. The van der Waals surface area contributed by atoms with Gasteiger partial charge in [0.2, 0.25) is 20.4 Å². The fourth-order valence-corrected chi connectivity index (χ4v) is 7.20. The predicted molar refractivity (Wildman–Crippen MR) is 174 cm³/mol. The van der Waals surface area contributed by atoms with Crippen LogP contribution in [-0.4, -0.2) is 74.9 Å². The van der Waals surface area contributed by atoms with Crippen LogP contribution in [0.15, 0.2) is 44.8 Å². The Morgan fingerprint density at radius 2 is 1.82 bits per heavy atom. The van der Waals surface area contributed by atoms with Crippen LogP contribution in [0.2, 0.25) is 18.1 Å². The SMILES string of the molecule is C[SiH](C)Oc1c(CNC(=O)C2CN(S(=O)(=O)c3cc4cc(Cl)ccc4[nH]3)CCN2C(=O)OC(C)(C)C)occ(C(C)(C)C)c1=O. The van der Waals surface area contributed by atoms with E-state index in [9.17, 15) is 22.8 Å². The van der Waals surface area contributed by atoms with Crippen LogP contribution >= 0.6 is 11.6 Å². The van der Waals surface area contributed by atoms with Crippen molar-refractivity contribution < 1.29 is 31.6 Å². The lowest BCUT2D eigenvalue weighted by molar-refractivity contribution is -0.128. The molecule has 1 aromatic carbocycles. The molecule has 1 aliphatic rings. The van der Waals surface area contributed by atoms with Gasteiger partial charge in [0.25, 0.3) is 10.0 Å². The van der Waals surface area contributed by atoms with Crippen LogP contribution < -0.4 is 15.2 Å². The van der Waals surface area contributed by atoms with Crippen molar-refractivity contribution in [2.75, 3.05) is 19.6 Å². The maximum atomic E-state index is 13.7. The highest BCUT2D eigenvalue weighted by molar-refractivity contribution is 7.89. The van der Waals surface area contributed by atoms with Gasteiger partial charge in [-0.05, 0) is 63.5 Å². The minimum Gasteiger partial charge on any atom is -0.542 e. The number of carbonyl (C=O) groups is 2. The van der Waals surface area contributed by atoms with Gasteiger partial charge in [-0.3, -0.25) is 14.5 Å². The fraction of sp³-hybridized carbons (Fsp3) is 0.500. The van der Waals surface area contributed by atoms with Gasteiger partial charge in [-0.15, -0.1) is 0 Å². The van der Waals surface area contributed by atoms with E-state index in [1.807, 2.05) is 33.9 Å². The monoisotopic (exact) mass is 680 g/mol. The first-order valence-electron chi connectivity index (χ1n) is 14.7. The van der Waals surface area contributed by atoms with Crippen molar-refractivity contribution in [1.82, 2.24) is 19.5 Å². The molecule has 246 valence electrons. The van der Waals surface area contributed by atoms with Crippen LogP contribution in [0.25, 0.3) is 10.9 Å². The Labute approximate surface area is 269 Å². The van der Waals surface area contributed by atoms with E-state index in [-0.39, 0.29) is 48.1 Å². The van der Waals surface area contributed by atoms with E-state index in [0.29, 0.717) is 21.5 Å². The van der Waals surface area contributed by atoms with Gasteiger partial charge in [-0.2, -0.15) is 4.31 Å². The number of H-pyrrole nitrogens is 1. The molecule has 1 fully saturated rings. The van der Waals surface area contributed by atoms with Crippen molar-refractivity contribution in [3.05, 3.63) is 57.1 Å². The topological polar surface area (TPSA) is 151 Å². The smallest absolute Gasteiger partial charge is 0.411 e. The molecular formula is C30H41ClN4O8SSi. The number of aromatic amines is 1. The first-order valence-corrected chi connectivity index (χ1v) is 19.3. The Bertz CT molecular complexity index is 1760. The number of carbonyl (C=O) groups excluding carboxylic acids is 2. The first kappa shape index (κ1) is 34.5. The lowest BCUT2D eigenvalue weighted by Gasteiger charge is -2.40. The standard InChI is InChI=1S/C30H41ClN4O8SSi/c1-29(2,3)20-17-41-23(26(25(20)36)43-45(7)8)15-32-27(37)22-16-34(11-12-35(22)28(38)42-30(4,5)6)44(39,40)24-14-18-13-19(31)9-10-21(18)33-24/h9-10,13-14,17,22,33,45H,11-12,15-16H2,1-8H3,(H,32,37). The average molecular weight is 681 g/mol. The summed E-state index contributed by atoms with van der Waals surface area (Å²) in [5.41, 5.74) is -0.643. The molecule has 3 heterocycles. The summed E-state index contributed by atoms with van der Waals surface area (Å²) >= 11 is 6.08. The zero-order chi connectivity index (χ0) is 33.5. The van der Waals surface area contributed by atoms with Crippen molar-refractivity contribution in [3.8, 4) is 5.75 Å². The molecule has 4 rings (SSSR count). The molecule has 12 nitrogen and oxygen atoms in total. The number of benzene rings is 1. The van der Waals surface area contributed by atoms with Gasteiger partial charge in [0.05, 0.1) is 12.8 Å². The van der Waals surface area contributed by atoms with E-state index in [0.717, 1.165) is 4.31 Å². The largest absolute Gasteiger partial charge is 0.542 e. The Kier molecular flexibility index (Phi) is 9.83. The molecule has 1 saturated heterocycles. The third-order valence-electron chi connectivity index (χ3n) is 7.06. The van der Waals surface area contributed by atoms with Crippen molar-refractivity contribution in [2.45, 2.75) is 83.3 Å². The Balaban J connectivity index is 1.63. The van der Waals surface area contributed by atoms with Gasteiger partial charge in [0.15, 0.2) is 11.5 Å². The number of rotatable bonds is 7. The van der Waals surface area contributed by atoms with Gasteiger partial charge >= 0.3 is 6.09 Å².